The lowest BCUT2D eigenvalue weighted by Crippen LogP contribution is -2.42. The van der Waals surface area contributed by atoms with E-state index in [1.165, 1.54) is 4.52 Å². The van der Waals surface area contributed by atoms with Crippen LogP contribution in [0.25, 0.3) is 5.52 Å². The van der Waals surface area contributed by atoms with Crippen molar-refractivity contribution in [3.05, 3.63) is 103 Å². The standard InChI is InChI=1S/C28H30Cl3N5O2/c1-17(2)26(34(14-8-13-32)27(37)20-11-7-12-21(29)25(20)31)23-15-22-24(30)18(3)33-36(22)28(38)35(23)16-19-9-5-4-6-10-19/h4-7,9-12,15,17,26H,8,13-14,16,32H2,1-3H3/t26-/m1/s1. The van der Waals surface area contributed by atoms with E-state index in [-0.39, 0.29) is 28.1 Å². The Labute approximate surface area is 236 Å². The van der Waals surface area contributed by atoms with Gasteiger partial charge in [0.2, 0.25) is 0 Å². The molecule has 0 spiro atoms. The molecule has 0 unspecified atom stereocenters. The lowest BCUT2D eigenvalue weighted by Gasteiger charge is -2.36. The number of nitrogens with two attached hydrogens (primary N) is 1. The molecule has 1 amide bonds. The lowest BCUT2D eigenvalue weighted by molar-refractivity contribution is 0.0609. The number of rotatable bonds is 9. The predicted octanol–water partition coefficient (Wildman–Crippen LogP) is 6.00. The summed E-state index contributed by atoms with van der Waals surface area (Å²) in [6.07, 6.45) is 0.560. The van der Waals surface area contributed by atoms with E-state index in [9.17, 15) is 9.59 Å². The average molecular weight is 575 g/mol. The Kier molecular flexibility index (Phi) is 8.83. The van der Waals surface area contributed by atoms with Crippen molar-refractivity contribution in [2.24, 2.45) is 11.7 Å². The SMILES string of the molecule is Cc1nn2c(=O)n(Cc3ccccc3)c([C@@H](C(C)C)N(CCCN)C(=O)c3cccc(Cl)c3Cl)cc2c1Cl. The summed E-state index contributed by atoms with van der Waals surface area (Å²) in [5.74, 6) is -0.375. The molecule has 0 saturated carbocycles. The second-order valence-corrected chi connectivity index (χ2v) is 10.7. The summed E-state index contributed by atoms with van der Waals surface area (Å²) in [5, 5.41) is 5.26. The molecule has 0 aliphatic rings. The number of aryl methyl sites for hydroxylation is 1. The highest BCUT2D eigenvalue weighted by Gasteiger charge is 2.33. The van der Waals surface area contributed by atoms with Gasteiger partial charge in [0.1, 0.15) is 0 Å². The van der Waals surface area contributed by atoms with E-state index in [0.717, 1.165) is 5.56 Å². The molecule has 2 N–H and O–H groups in total. The molecule has 2 heterocycles. The number of benzene rings is 2. The van der Waals surface area contributed by atoms with Crippen LogP contribution in [0.4, 0.5) is 0 Å². The fourth-order valence-electron chi connectivity index (χ4n) is 4.72. The zero-order chi connectivity index (χ0) is 27.6. The highest BCUT2D eigenvalue weighted by molar-refractivity contribution is 6.43. The molecular weight excluding hydrogens is 545 g/mol. The summed E-state index contributed by atoms with van der Waals surface area (Å²) in [4.78, 5) is 29.6. The molecular formula is C28H30Cl3N5O2. The van der Waals surface area contributed by atoms with E-state index in [1.807, 2.05) is 50.2 Å². The molecule has 0 aliphatic heterocycles. The molecule has 2 aromatic carbocycles. The van der Waals surface area contributed by atoms with Crippen molar-refractivity contribution in [2.75, 3.05) is 13.1 Å². The van der Waals surface area contributed by atoms with Crippen LogP contribution in [0.5, 0.6) is 0 Å². The van der Waals surface area contributed by atoms with Crippen LogP contribution in [0.2, 0.25) is 15.1 Å². The van der Waals surface area contributed by atoms with Crippen molar-refractivity contribution < 1.29 is 4.79 Å². The number of fused-ring (bicyclic) bond motifs is 1. The second kappa shape index (κ2) is 11.9. The Morgan fingerprint density at radius 1 is 1.05 bits per heavy atom. The van der Waals surface area contributed by atoms with Gasteiger partial charge in [-0.3, -0.25) is 9.36 Å². The van der Waals surface area contributed by atoms with E-state index < -0.39 is 6.04 Å². The third kappa shape index (κ3) is 5.47. The van der Waals surface area contributed by atoms with Gasteiger partial charge in [0.15, 0.2) is 0 Å². The third-order valence-corrected chi connectivity index (χ3v) is 7.81. The summed E-state index contributed by atoms with van der Waals surface area (Å²) in [5.41, 5.74) is 8.44. The summed E-state index contributed by atoms with van der Waals surface area (Å²) in [6.45, 7) is 6.82. The number of halogens is 3. The van der Waals surface area contributed by atoms with Gasteiger partial charge in [-0.1, -0.05) is 85.0 Å². The Morgan fingerprint density at radius 3 is 2.42 bits per heavy atom. The maximum absolute atomic E-state index is 14.0. The van der Waals surface area contributed by atoms with Crippen molar-refractivity contribution in [2.45, 2.75) is 39.8 Å². The van der Waals surface area contributed by atoms with E-state index in [0.29, 0.717) is 53.0 Å². The molecule has 2 aromatic heterocycles. The van der Waals surface area contributed by atoms with E-state index in [1.54, 1.807) is 34.6 Å². The molecule has 10 heteroatoms. The normalized spacial score (nSPS) is 12.3. The zero-order valence-corrected chi connectivity index (χ0v) is 23.8. The maximum atomic E-state index is 14.0. The summed E-state index contributed by atoms with van der Waals surface area (Å²) in [7, 11) is 0. The Bertz CT molecular complexity index is 1510. The third-order valence-electron chi connectivity index (χ3n) is 6.53. The number of carbonyl (C=O) groups excluding carboxylic acids is 1. The van der Waals surface area contributed by atoms with Crippen LogP contribution >= 0.6 is 34.8 Å². The molecule has 4 rings (SSSR count). The molecule has 7 nitrogen and oxygen atoms in total. The van der Waals surface area contributed by atoms with Gasteiger partial charge in [-0.2, -0.15) is 9.61 Å². The summed E-state index contributed by atoms with van der Waals surface area (Å²) < 4.78 is 2.99. The van der Waals surface area contributed by atoms with Crippen molar-refractivity contribution in [1.82, 2.24) is 19.1 Å². The molecule has 0 aliphatic carbocycles. The minimum absolute atomic E-state index is 0.0821. The second-order valence-electron chi connectivity index (χ2n) is 9.55. The molecule has 0 radical (unpaired) electrons. The first-order valence-electron chi connectivity index (χ1n) is 12.4. The molecule has 0 bridgehead atoms. The topological polar surface area (TPSA) is 85.6 Å². The predicted molar refractivity (Wildman–Crippen MR) is 153 cm³/mol. The highest BCUT2D eigenvalue weighted by atomic mass is 35.5. The number of hydrogen-bond acceptors (Lipinski definition) is 4. The minimum atomic E-state index is -0.503. The number of amides is 1. The van der Waals surface area contributed by atoms with Crippen LogP contribution in [-0.4, -0.2) is 38.1 Å². The summed E-state index contributed by atoms with van der Waals surface area (Å²) >= 11 is 19.3. The van der Waals surface area contributed by atoms with Crippen LogP contribution in [0.15, 0.2) is 59.4 Å². The molecule has 0 fully saturated rings. The number of aromatic nitrogens is 3. The number of nitrogens with zero attached hydrogens (tertiary/aromatic N) is 4. The van der Waals surface area contributed by atoms with Crippen molar-refractivity contribution in [1.29, 1.82) is 0 Å². The van der Waals surface area contributed by atoms with Crippen LogP contribution in [0.1, 0.15) is 53.6 Å². The van der Waals surface area contributed by atoms with Crippen molar-refractivity contribution in [3.8, 4) is 0 Å². The molecule has 1 atom stereocenters. The zero-order valence-electron chi connectivity index (χ0n) is 21.5. The smallest absolute Gasteiger partial charge is 0.330 e. The number of hydrogen-bond donors (Lipinski definition) is 1. The first kappa shape index (κ1) is 28.2. The highest BCUT2D eigenvalue weighted by Crippen LogP contribution is 2.34. The molecule has 4 aromatic rings. The first-order valence-corrected chi connectivity index (χ1v) is 13.6. The molecule has 38 heavy (non-hydrogen) atoms. The largest absolute Gasteiger partial charge is 0.349 e. The van der Waals surface area contributed by atoms with E-state index in [4.69, 9.17) is 40.5 Å². The Hall–Kier alpha value is -2.84. The van der Waals surface area contributed by atoms with Crippen molar-refractivity contribution in [3.63, 3.8) is 0 Å². The van der Waals surface area contributed by atoms with Gasteiger partial charge in [0.25, 0.3) is 5.91 Å². The fourth-order valence-corrected chi connectivity index (χ4v) is 5.28. The Balaban J connectivity index is 1.97. The van der Waals surface area contributed by atoms with Gasteiger partial charge in [-0.15, -0.1) is 0 Å². The quantitative estimate of drug-likeness (QED) is 0.266. The van der Waals surface area contributed by atoms with Gasteiger partial charge in [-0.05, 0) is 49.6 Å². The van der Waals surface area contributed by atoms with Gasteiger partial charge >= 0.3 is 5.69 Å². The van der Waals surface area contributed by atoms with Crippen LogP contribution in [-0.2, 0) is 6.54 Å². The fraction of sp³-hybridized carbons (Fsp3) is 0.321. The van der Waals surface area contributed by atoms with E-state index >= 15 is 0 Å². The van der Waals surface area contributed by atoms with Crippen LogP contribution in [0, 0.1) is 12.8 Å². The lowest BCUT2D eigenvalue weighted by atomic mass is 9.96. The Morgan fingerprint density at radius 2 is 1.76 bits per heavy atom. The van der Waals surface area contributed by atoms with Gasteiger partial charge < -0.3 is 10.6 Å². The average Bonchev–Trinajstić information content (AvgIpc) is 3.18. The molecule has 200 valence electrons. The van der Waals surface area contributed by atoms with Gasteiger partial charge in [0.05, 0.1) is 44.4 Å². The van der Waals surface area contributed by atoms with Crippen molar-refractivity contribution >= 4 is 46.2 Å². The molecule has 0 saturated heterocycles. The van der Waals surface area contributed by atoms with Gasteiger partial charge in [0, 0.05) is 12.2 Å². The van der Waals surface area contributed by atoms with Crippen LogP contribution < -0.4 is 11.4 Å². The summed E-state index contributed by atoms with van der Waals surface area (Å²) in [6, 6.07) is 16.0. The maximum Gasteiger partial charge on any atom is 0.349 e. The van der Waals surface area contributed by atoms with Crippen LogP contribution in [0.3, 0.4) is 0 Å². The first-order chi connectivity index (χ1) is 18.1. The van der Waals surface area contributed by atoms with E-state index in [2.05, 4.69) is 5.10 Å². The van der Waals surface area contributed by atoms with Gasteiger partial charge in [-0.25, -0.2) is 4.79 Å². The monoisotopic (exact) mass is 573 g/mol. The minimum Gasteiger partial charge on any atom is -0.330 e. The number of carbonyl (C=O) groups is 1.